The molecule has 23 heavy (non-hydrogen) atoms. The highest BCUT2D eigenvalue weighted by Gasteiger charge is 2.20. The van der Waals surface area contributed by atoms with Crippen LogP contribution in [0.1, 0.15) is 20.3 Å². The Labute approximate surface area is 143 Å². The van der Waals surface area contributed by atoms with Crippen molar-refractivity contribution in [2.24, 2.45) is 0 Å². The number of halogens is 1. The zero-order chi connectivity index (χ0) is 17.9. The van der Waals surface area contributed by atoms with Crippen molar-refractivity contribution in [2.45, 2.75) is 20.3 Å². The molecule has 0 aliphatic rings. The van der Waals surface area contributed by atoms with Crippen molar-refractivity contribution < 1.29 is 17.9 Å². The van der Waals surface area contributed by atoms with Gasteiger partial charge >= 0.3 is 5.97 Å². The minimum Gasteiger partial charge on any atom is -0.461 e. The van der Waals surface area contributed by atoms with Gasteiger partial charge in [-0.3, -0.25) is 0 Å². The van der Waals surface area contributed by atoms with E-state index in [-0.39, 0.29) is 12.4 Å². The van der Waals surface area contributed by atoms with Crippen LogP contribution in [0.5, 0.6) is 0 Å². The zero-order valence-electron chi connectivity index (χ0n) is 13.8. The van der Waals surface area contributed by atoms with Crippen LogP contribution in [0.3, 0.4) is 0 Å². The number of nitrogens with zero attached hydrogens (tertiary/aromatic N) is 1. The molecular formula is C16H24ClNO4S. The van der Waals surface area contributed by atoms with E-state index < -0.39 is 15.8 Å². The van der Waals surface area contributed by atoms with E-state index in [2.05, 4.69) is 6.58 Å². The lowest BCUT2D eigenvalue weighted by Crippen LogP contribution is -2.29. The predicted octanol–water partition coefficient (Wildman–Crippen LogP) is 3.01. The molecule has 0 rings (SSSR count). The molecule has 0 saturated carbocycles. The van der Waals surface area contributed by atoms with Crippen LogP contribution in [0.15, 0.2) is 47.8 Å². The second-order valence-corrected chi connectivity index (χ2v) is 7.16. The van der Waals surface area contributed by atoms with Crippen LogP contribution in [-0.4, -0.2) is 44.4 Å². The van der Waals surface area contributed by atoms with Gasteiger partial charge < -0.3 is 9.64 Å². The number of allylic oxidation sites excluding steroid dienone is 4. The summed E-state index contributed by atoms with van der Waals surface area (Å²) in [4.78, 5) is 13.8. The topological polar surface area (TPSA) is 63.7 Å². The maximum Gasteiger partial charge on any atom is 0.354 e. The van der Waals surface area contributed by atoms with Gasteiger partial charge in [0.15, 0.2) is 0 Å². The predicted molar refractivity (Wildman–Crippen MR) is 94.7 cm³/mol. The first-order valence-electron chi connectivity index (χ1n) is 7.18. The summed E-state index contributed by atoms with van der Waals surface area (Å²) in [5, 5.41) is 0. The summed E-state index contributed by atoms with van der Waals surface area (Å²) in [6, 6.07) is 0. The molecule has 0 unspecified atom stereocenters. The number of carbonyl (C=O) groups excluding carboxylic acids is 1. The van der Waals surface area contributed by atoms with E-state index in [0.29, 0.717) is 24.4 Å². The molecule has 0 aromatic carbocycles. The average molecular weight is 362 g/mol. The first kappa shape index (κ1) is 21.5. The van der Waals surface area contributed by atoms with Crippen LogP contribution in [-0.2, 0) is 19.4 Å². The lowest BCUT2D eigenvalue weighted by Gasteiger charge is -2.27. The van der Waals surface area contributed by atoms with Crippen molar-refractivity contribution in [1.29, 1.82) is 0 Å². The van der Waals surface area contributed by atoms with E-state index in [9.17, 15) is 13.2 Å². The van der Waals surface area contributed by atoms with Crippen molar-refractivity contribution in [2.75, 3.05) is 25.2 Å². The summed E-state index contributed by atoms with van der Waals surface area (Å²) < 4.78 is 27.7. The smallest absolute Gasteiger partial charge is 0.354 e. The second-order valence-electron chi connectivity index (χ2n) is 4.64. The van der Waals surface area contributed by atoms with Gasteiger partial charge in [-0.15, -0.1) is 0 Å². The van der Waals surface area contributed by atoms with Crippen molar-refractivity contribution in [3.63, 3.8) is 0 Å². The molecule has 0 bridgehead atoms. The van der Waals surface area contributed by atoms with Gasteiger partial charge in [0.05, 0.1) is 12.4 Å². The van der Waals surface area contributed by atoms with Crippen molar-refractivity contribution in [3.05, 3.63) is 47.8 Å². The van der Waals surface area contributed by atoms with Gasteiger partial charge in [0.2, 0.25) is 0 Å². The Hall–Kier alpha value is -1.53. The minimum atomic E-state index is -3.07. The van der Waals surface area contributed by atoms with Crippen molar-refractivity contribution in [3.8, 4) is 0 Å². The molecule has 7 heteroatoms. The SMILES string of the molecule is C=CC(=CC=CCl)N(CCCS(C)(=O)=O)C(=CC)C(=O)OCC. The van der Waals surface area contributed by atoms with Crippen LogP contribution >= 0.6 is 11.6 Å². The largest absolute Gasteiger partial charge is 0.461 e. The van der Waals surface area contributed by atoms with Crippen LogP contribution in [0, 0.1) is 0 Å². The fraction of sp³-hybridized carbons (Fsp3) is 0.438. The van der Waals surface area contributed by atoms with Gasteiger partial charge in [-0.2, -0.15) is 0 Å². The van der Waals surface area contributed by atoms with E-state index in [1.54, 1.807) is 43.1 Å². The van der Waals surface area contributed by atoms with Crippen molar-refractivity contribution >= 4 is 27.4 Å². The summed E-state index contributed by atoms with van der Waals surface area (Å²) in [6.45, 7) is 7.75. The summed E-state index contributed by atoms with van der Waals surface area (Å²) in [5.74, 6) is -0.448. The third-order valence-electron chi connectivity index (χ3n) is 2.81. The highest BCUT2D eigenvalue weighted by molar-refractivity contribution is 7.90. The molecule has 0 aliphatic heterocycles. The Kier molecular flexibility index (Phi) is 10.3. The highest BCUT2D eigenvalue weighted by Crippen LogP contribution is 2.17. The molecule has 5 nitrogen and oxygen atoms in total. The number of hydrogen-bond donors (Lipinski definition) is 0. The summed E-state index contributed by atoms with van der Waals surface area (Å²) in [5.41, 5.74) is 2.28. The first-order valence-corrected chi connectivity index (χ1v) is 9.68. The standard InChI is InChI=1S/C16H24ClNO4S/c1-5-14(10-8-11-17)18(12-9-13-23(4,20)21)15(6-2)16(19)22-7-3/h5-6,8,10-11H,1,7,9,12-13H2,2-4H3. The monoisotopic (exact) mass is 361 g/mol. The lowest BCUT2D eigenvalue weighted by molar-refractivity contribution is -0.140. The third kappa shape index (κ3) is 8.62. The summed E-state index contributed by atoms with van der Waals surface area (Å²) in [6.07, 6.45) is 8.02. The van der Waals surface area contributed by atoms with Crippen molar-refractivity contribution in [1.82, 2.24) is 4.90 Å². The molecule has 0 heterocycles. The van der Waals surface area contributed by atoms with E-state index in [0.717, 1.165) is 0 Å². The van der Waals surface area contributed by atoms with E-state index >= 15 is 0 Å². The van der Waals surface area contributed by atoms with Gasteiger partial charge in [-0.25, -0.2) is 13.2 Å². The Morgan fingerprint density at radius 1 is 1.39 bits per heavy atom. The molecular weight excluding hydrogens is 338 g/mol. The molecule has 0 radical (unpaired) electrons. The number of carbonyl (C=O) groups is 1. The van der Waals surface area contributed by atoms with Crippen LogP contribution in [0.4, 0.5) is 0 Å². The van der Waals surface area contributed by atoms with Gasteiger partial charge in [0, 0.05) is 24.0 Å². The highest BCUT2D eigenvalue weighted by atomic mass is 35.5. The van der Waals surface area contributed by atoms with E-state index in [4.69, 9.17) is 16.3 Å². The van der Waals surface area contributed by atoms with Crippen LogP contribution in [0.2, 0.25) is 0 Å². The quantitative estimate of drug-likeness (QED) is 0.340. The van der Waals surface area contributed by atoms with Gasteiger partial charge in [0.1, 0.15) is 15.5 Å². The molecule has 130 valence electrons. The molecule has 0 aromatic rings. The molecule has 0 atom stereocenters. The van der Waals surface area contributed by atoms with Gasteiger partial charge in [-0.05, 0) is 38.5 Å². The molecule has 0 spiro atoms. The lowest BCUT2D eigenvalue weighted by atomic mass is 10.2. The maximum absolute atomic E-state index is 12.1. The molecule has 0 N–H and O–H groups in total. The second kappa shape index (κ2) is 11.1. The van der Waals surface area contributed by atoms with E-state index in [1.165, 1.54) is 11.8 Å². The van der Waals surface area contributed by atoms with Crippen LogP contribution in [0.25, 0.3) is 0 Å². The zero-order valence-corrected chi connectivity index (χ0v) is 15.4. The molecule has 0 amide bonds. The number of ether oxygens (including phenoxy) is 1. The van der Waals surface area contributed by atoms with Crippen LogP contribution < -0.4 is 0 Å². The Morgan fingerprint density at radius 2 is 2.04 bits per heavy atom. The molecule has 0 fully saturated rings. The fourth-order valence-electron chi connectivity index (χ4n) is 1.87. The number of sulfone groups is 1. The summed E-state index contributed by atoms with van der Waals surface area (Å²) in [7, 11) is -3.07. The molecule has 0 aliphatic carbocycles. The molecule has 0 saturated heterocycles. The van der Waals surface area contributed by atoms with Gasteiger partial charge in [0.25, 0.3) is 0 Å². The fourth-order valence-corrected chi connectivity index (χ4v) is 2.59. The first-order chi connectivity index (χ1) is 10.8. The Balaban J connectivity index is 5.50. The number of hydrogen-bond acceptors (Lipinski definition) is 5. The normalized spacial score (nSPS) is 13.2. The average Bonchev–Trinajstić information content (AvgIpc) is 2.47. The number of esters is 1. The van der Waals surface area contributed by atoms with E-state index in [1.807, 2.05) is 0 Å². The minimum absolute atomic E-state index is 0.0269. The number of rotatable bonds is 10. The summed E-state index contributed by atoms with van der Waals surface area (Å²) >= 11 is 5.53. The Bertz CT molecular complexity index is 591. The Morgan fingerprint density at radius 3 is 2.48 bits per heavy atom. The molecule has 0 aromatic heterocycles. The maximum atomic E-state index is 12.1. The van der Waals surface area contributed by atoms with Gasteiger partial charge in [-0.1, -0.05) is 24.3 Å². The third-order valence-corrected chi connectivity index (χ3v) is 3.98.